The highest BCUT2D eigenvalue weighted by Gasteiger charge is 2.12. The summed E-state index contributed by atoms with van der Waals surface area (Å²) in [5, 5.41) is 6.52. The Morgan fingerprint density at radius 3 is 2.33 bits per heavy atom. The Morgan fingerprint density at radius 2 is 1.69 bits per heavy atom. The molecule has 9 nitrogen and oxygen atoms in total. The van der Waals surface area contributed by atoms with E-state index in [1.54, 1.807) is 48.5 Å². The molecule has 1 aromatic heterocycles. The number of hydrogen-bond donors (Lipinski definition) is 1. The maximum absolute atomic E-state index is 12.1. The smallest absolute Gasteiger partial charge is 0.338 e. The standard InChI is InChI=1S/C27H30N2O7/c1-4-5-14-33-27(32)21-8-10-22(11-9-21)28-25(30)17-35-26(31)15-20-6-12-23(13-7-20)34-16-24-18(2)29-36-19(24)3/h6-13H,4-5,14-17H2,1-3H3,(H,28,30). The third-order valence-electron chi connectivity index (χ3n) is 5.34. The largest absolute Gasteiger partial charge is 0.489 e. The minimum atomic E-state index is -0.528. The second kappa shape index (κ2) is 13.1. The molecule has 36 heavy (non-hydrogen) atoms. The fourth-order valence-corrected chi connectivity index (χ4v) is 3.21. The van der Waals surface area contributed by atoms with Crippen LogP contribution in [0.2, 0.25) is 0 Å². The zero-order valence-corrected chi connectivity index (χ0v) is 20.7. The molecule has 0 fully saturated rings. The van der Waals surface area contributed by atoms with Crippen LogP contribution < -0.4 is 10.1 Å². The minimum Gasteiger partial charge on any atom is -0.489 e. The highest BCUT2D eigenvalue weighted by atomic mass is 16.5. The van der Waals surface area contributed by atoms with Gasteiger partial charge in [-0.05, 0) is 62.2 Å². The molecule has 0 atom stereocenters. The quantitative estimate of drug-likeness (QED) is 0.288. The Morgan fingerprint density at radius 1 is 0.972 bits per heavy atom. The van der Waals surface area contributed by atoms with Gasteiger partial charge in [-0.25, -0.2) is 4.79 Å². The van der Waals surface area contributed by atoms with Gasteiger partial charge in [0.2, 0.25) is 0 Å². The molecule has 0 aliphatic heterocycles. The first-order valence-corrected chi connectivity index (χ1v) is 11.7. The molecule has 0 bridgehead atoms. The van der Waals surface area contributed by atoms with Crippen molar-refractivity contribution in [3.63, 3.8) is 0 Å². The lowest BCUT2D eigenvalue weighted by Gasteiger charge is -2.09. The molecular weight excluding hydrogens is 464 g/mol. The summed E-state index contributed by atoms with van der Waals surface area (Å²) >= 11 is 0. The minimum absolute atomic E-state index is 0.0201. The monoisotopic (exact) mass is 494 g/mol. The van der Waals surface area contributed by atoms with Crippen LogP contribution in [0.15, 0.2) is 53.1 Å². The second-order valence-corrected chi connectivity index (χ2v) is 8.19. The number of benzene rings is 2. The average molecular weight is 495 g/mol. The van der Waals surface area contributed by atoms with Crippen molar-refractivity contribution in [1.29, 1.82) is 0 Å². The van der Waals surface area contributed by atoms with E-state index in [2.05, 4.69) is 10.5 Å². The van der Waals surface area contributed by atoms with E-state index in [0.717, 1.165) is 35.4 Å². The van der Waals surface area contributed by atoms with Crippen LogP contribution in [0.3, 0.4) is 0 Å². The van der Waals surface area contributed by atoms with E-state index in [0.29, 0.717) is 30.2 Å². The molecule has 190 valence electrons. The van der Waals surface area contributed by atoms with Crippen molar-refractivity contribution in [3.05, 3.63) is 76.7 Å². The summed E-state index contributed by atoms with van der Waals surface area (Å²) in [6, 6.07) is 13.4. The SMILES string of the molecule is CCCCOC(=O)c1ccc(NC(=O)COC(=O)Cc2ccc(OCc3c(C)noc3C)cc2)cc1. The lowest BCUT2D eigenvalue weighted by molar-refractivity contribution is -0.146. The molecule has 0 aliphatic rings. The van der Waals surface area contributed by atoms with Crippen molar-refractivity contribution in [2.45, 2.75) is 46.6 Å². The molecule has 1 heterocycles. The number of carbonyl (C=O) groups excluding carboxylic acids is 3. The van der Waals surface area contributed by atoms with E-state index in [-0.39, 0.29) is 6.42 Å². The zero-order chi connectivity index (χ0) is 25.9. The molecule has 0 aliphatic carbocycles. The van der Waals surface area contributed by atoms with Crippen molar-refractivity contribution in [2.24, 2.45) is 0 Å². The topological polar surface area (TPSA) is 117 Å². The van der Waals surface area contributed by atoms with Gasteiger partial charge in [-0.15, -0.1) is 0 Å². The summed E-state index contributed by atoms with van der Waals surface area (Å²) in [5.41, 5.74) is 3.30. The molecule has 2 aromatic carbocycles. The highest BCUT2D eigenvalue weighted by molar-refractivity contribution is 5.94. The molecule has 0 saturated carbocycles. The summed E-state index contributed by atoms with van der Waals surface area (Å²) < 4.78 is 21.1. The fourth-order valence-electron chi connectivity index (χ4n) is 3.21. The number of nitrogens with zero attached hydrogens (tertiary/aromatic N) is 1. The van der Waals surface area contributed by atoms with Gasteiger partial charge < -0.3 is 24.1 Å². The summed E-state index contributed by atoms with van der Waals surface area (Å²) in [5.74, 6) is -0.0538. The van der Waals surface area contributed by atoms with Gasteiger partial charge in [0.25, 0.3) is 5.91 Å². The number of aryl methyl sites for hydroxylation is 2. The number of carbonyl (C=O) groups is 3. The van der Waals surface area contributed by atoms with E-state index in [4.69, 9.17) is 18.7 Å². The molecule has 0 radical (unpaired) electrons. The molecule has 9 heteroatoms. The third kappa shape index (κ3) is 7.97. The molecule has 3 rings (SSSR count). The summed E-state index contributed by atoms with van der Waals surface area (Å²) in [7, 11) is 0. The van der Waals surface area contributed by atoms with Crippen LogP contribution in [-0.4, -0.2) is 36.2 Å². The van der Waals surface area contributed by atoms with Crippen LogP contribution in [0.25, 0.3) is 0 Å². The third-order valence-corrected chi connectivity index (χ3v) is 5.34. The Hall–Kier alpha value is -4.14. The van der Waals surface area contributed by atoms with Crippen molar-refractivity contribution in [3.8, 4) is 5.75 Å². The second-order valence-electron chi connectivity index (χ2n) is 8.19. The normalized spacial score (nSPS) is 10.5. The van der Waals surface area contributed by atoms with Crippen LogP contribution in [0.5, 0.6) is 5.75 Å². The highest BCUT2D eigenvalue weighted by Crippen LogP contribution is 2.18. The van der Waals surface area contributed by atoms with Gasteiger partial charge in [0.05, 0.1) is 29.8 Å². The van der Waals surface area contributed by atoms with Crippen LogP contribution in [0, 0.1) is 13.8 Å². The maximum atomic E-state index is 12.1. The van der Waals surface area contributed by atoms with Crippen LogP contribution in [0.4, 0.5) is 5.69 Å². The first-order valence-electron chi connectivity index (χ1n) is 11.7. The lowest BCUT2D eigenvalue weighted by Crippen LogP contribution is -2.21. The number of amides is 1. The Labute approximate surface area is 209 Å². The molecule has 3 aromatic rings. The van der Waals surface area contributed by atoms with E-state index < -0.39 is 24.5 Å². The van der Waals surface area contributed by atoms with Crippen molar-refractivity contribution >= 4 is 23.5 Å². The molecular formula is C27H30N2O7. The zero-order valence-electron chi connectivity index (χ0n) is 20.7. The average Bonchev–Trinajstić information content (AvgIpc) is 3.19. The number of anilines is 1. The molecule has 0 spiro atoms. The Balaban J connectivity index is 1.39. The van der Waals surface area contributed by atoms with Gasteiger partial charge in [-0.1, -0.05) is 30.6 Å². The summed E-state index contributed by atoms with van der Waals surface area (Å²) in [6.45, 7) is 5.99. The number of hydrogen-bond acceptors (Lipinski definition) is 8. The number of aromatic nitrogens is 1. The Kier molecular flexibility index (Phi) is 9.62. The summed E-state index contributed by atoms with van der Waals surface area (Å²) in [6.07, 6.45) is 1.77. The number of esters is 2. The van der Waals surface area contributed by atoms with E-state index in [1.807, 2.05) is 20.8 Å². The van der Waals surface area contributed by atoms with Crippen LogP contribution >= 0.6 is 0 Å². The molecule has 1 N–H and O–H groups in total. The predicted octanol–water partition coefficient (Wildman–Crippen LogP) is 4.55. The van der Waals surface area contributed by atoms with Gasteiger partial charge in [0.1, 0.15) is 18.1 Å². The Bertz CT molecular complexity index is 1150. The van der Waals surface area contributed by atoms with Gasteiger partial charge in [-0.3, -0.25) is 9.59 Å². The van der Waals surface area contributed by atoms with Gasteiger partial charge >= 0.3 is 11.9 Å². The summed E-state index contributed by atoms with van der Waals surface area (Å²) in [4.78, 5) is 36.2. The van der Waals surface area contributed by atoms with Gasteiger partial charge in [-0.2, -0.15) is 0 Å². The van der Waals surface area contributed by atoms with E-state index >= 15 is 0 Å². The molecule has 0 saturated heterocycles. The number of rotatable bonds is 12. The van der Waals surface area contributed by atoms with Crippen molar-refractivity contribution in [2.75, 3.05) is 18.5 Å². The van der Waals surface area contributed by atoms with Gasteiger partial charge in [0.15, 0.2) is 6.61 Å². The van der Waals surface area contributed by atoms with Crippen molar-refractivity contribution in [1.82, 2.24) is 5.16 Å². The van der Waals surface area contributed by atoms with E-state index in [1.165, 1.54) is 0 Å². The van der Waals surface area contributed by atoms with Crippen LogP contribution in [-0.2, 0) is 32.1 Å². The fraction of sp³-hybridized carbons (Fsp3) is 0.333. The number of ether oxygens (including phenoxy) is 3. The maximum Gasteiger partial charge on any atom is 0.338 e. The lowest BCUT2D eigenvalue weighted by atomic mass is 10.1. The van der Waals surface area contributed by atoms with Crippen LogP contribution in [0.1, 0.15) is 52.7 Å². The molecule has 1 amide bonds. The first kappa shape index (κ1) is 26.5. The van der Waals surface area contributed by atoms with E-state index in [9.17, 15) is 14.4 Å². The first-order chi connectivity index (χ1) is 17.4. The molecule has 0 unspecified atom stereocenters. The number of unbranched alkanes of at least 4 members (excludes halogenated alkanes) is 1. The number of nitrogens with one attached hydrogen (secondary N) is 1. The predicted molar refractivity (Wildman–Crippen MR) is 132 cm³/mol. The van der Waals surface area contributed by atoms with Gasteiger partial charge in [0, 0.05) is 5.69 Å². The van der Waals surface area contributed by atoms with Crippen molar-refractivity contribution < 1.29 is 33.1 Å².